The van der Waals surface area contributed by atoms with E-state index in [2.05, 4.69) is 18.2 Å². The average Bonchev–Trinajstić information content (AvgIpc) is 2.69. The van der Waals surface area contributed by atoms with E-state index in [0.717, 1.165) is 5.57 Å². The van der Waals surface area contributed by atoms with Gasteiger partial charge in [-0.15, -0.1) is 0 Å². The minimum atomic E-state index is -1.75. The number of amides is 2. The van der Waals surface area contributed by atoms with Crippen molar-refractivity contribution in [3.8, 4) is 18.2 Å². The highest BCUT2D eigenvalue weighted by molar-refractivity contribution is 6.00. The minimum Gasteiger partial charge on any atom is -0.343 e. The van der Waals surface area contributed by atoms with Crippen LogP contribution in [-0.4, -0.2) is 53.5 Å². The second-order valence-electron chi connectivity index (χ2n) is 7.79. The van der Waals surface area contributed by atoms with Crippen molar-refractivity contribution in [2.45, 2.75) is 26.7 Å². The molecule has 2 heterocycles. The number of rotatable bonds is 0. The molecule has 0 aromatic heterocycles. The summed E-state index contributed by atoms with van der Waals surface area (Å²) < 4.78 is 0. The van der Waals surface area contributed by atoms with Crippen LogP contribution in [0.1, 0.15) is 26.7 Å². The number of nitrogens with one attached hydrogen (secondary N) is 1. The second kappa shape index (κ2) is 6.77. The molecule has 8 heteroatoms. The van der Waals surface area contributed by atoms with Crippen molar-refractivity contribution in [2.24, 2.45) is 22.7 Å². The van der Waals surface area contributed by atoms with E-state index in [4.69, 9.17) is 5.41 Å². The molecule has 144 valence electrons. The third kappa shape index (κ3) is 2.43. The van der Waals surface area contributed by atoms with E-state index in [0.29, 0.717) is 39.0 Å². The number of carbonyl (C=O) groups excluding carboxylic acids is 2. The standard InChI is InChI=1S/C20H22N6O2/c1-13(27)25-7-4-19(5-8-25)17-10-26(14(2)28)6-3-15(17)16(9-21)18(24)20(19,11-22)12-23/h3,16-17,24H,4-8,10H2,1-2H3. The van der Waals surface area contributed by atoms with Crippen molar-refractivity contribution < 1.29 is 9.59 Å². The number of fused-ring (bicyclic) bond motifs is 2. The fraction of sp³-hybridized carbons (Fsp3) is 0.600. The predicted molar refractivity (Wildman–Crippen MR) is 98.2 cm³/mol. The van der Waals surface area contributed by atoms with E-state index in [1.54, 1.807) is 9.80 Å². The number of nitrogens with zero attached hydrogens (tertiary/aromatic N) is 5. The first-order chi connectivity index (χ1) is 13.3. The van der Waals surface area contributed by atoms with Gasteiger partial charge in [-0.25, -0.2) is 0 Å². The molecule has 1 spiro atoms. The molecule has 2 amide bonds. The lowest BCUT2D eigenvalue weighted by molar-refractivity contribution is -0.133. The van der Waals surface area contributed by atoms with Gasteiger partial charge < -0.3 is 15.2 Å². The first-order valence-electron chi connectivity index (χ1n) is 9.30. The molecular weight excluding hydrogens is 356 g/mol. The van der Waals surface area contributed by atoms with Gasteiger partial charge in [0.15, 0.2) is 5.41 Å². The summed E-state index contributed by atoms with van der Waals surface area (Å²) in [6.45, 7) is 4.39. The summed E-state index contributed by atoms with van der Waals surface area (Å²) in [5.74, 6) is -1.48. The maximum atomic E-state index is 12.0. The van der Waals surface area contributed by atoms with Crippen molar-refractivity contribution >= 4 is 17.5 Å². The zero-order valence-electron chi connectivity index (χ0n) is 16.0. The molecule has 1 aliphatic carbocycles. The Morgan fingerprint density at radius 1 is 1.11 bits per heavy atom. The Kier molecular flexibility index (Phi) is 4.73. The molecule has 1 N–H and O–H groups in total. The molecule has 2 fully saturated rings. The Labute approximate surface area is 164 Å². The van der Waals surface area contributed by atoms with Gasteiger partial charge in [0.2, 0.25) is 11.8 Å². The van der Waals surface area contributed by atoms with E-state index in [-0.39, 0.29) is 23.4 Å². The molecule has 3 rings (SSSR count). The largest absolute Gasteiger partial charge is 0.343 e. The topological polar surface area (TPSA) is 136 Å². The van der Waals surface area contributed by atoms with E-state index in [1.807, 2.05) is 6.08 Å². The number of piperidine rings is 1. The van der Waals surface area contributed by atoms with E-state index >= 15 is 0 Å². The van der Waals surface area contributed by atoms with Crippen molar-refractivity contribution in [1.29, 1.82) is 21.2 Å². The number of nitriles is 3. The van der Waals surface area contributed by atoms with E-state index in [1.165, 1.54) is 13.8 Å². The Morgan fingerprint density at radius 3 is 2.14 bits per heavy atom. The molecule has 1 saturated carbocycles. The van der Waals surface area contributed by atoms with Gasteiger partial charge in [0.05, 0.1) is 23.9 Å². The van der Waals surface area contributed by atoms with Crippen LogP contribution >= 0.6 is 0 Å². The maximum absolute atomic E-state index is 12.0. The van der Waals surface area contributed by atoms with Crippen LogP contribution in [0.4, 0.5) is 0 Å². The fourth-order valence-electron chi connectivity index (χ4n) is 5.19. The summed E-state index contributed by atoms with van der Waals surface area (Å²) in [6.07, 6.45) is 2.57. The monoisotopic (exact) mass is 378 g/mol. The van der Waals surface area contributed by atoms with Crippen molar-refractivity contribution in [3.63, 3.8) is 0 Å². The Morgan fingerprint density at radius 2 is 1.68 bits per heavy atom. The normalized spacial score (nSPS) is 27.7. The van der Waals surface area contributed by atoms with Crippen LogP contribution in [0.15, 0.2) is 11.6 Å². The number of hydrogen-bond acceptors (Lipinski definition) is 6. The Balaban J connectivity index is 2.18. The molecule has 2 unspecified atom stereocenters. The molecule has 3 aliphatic rings. The fourth-order valence-corrected chi connectivity index (χ4v) is 5.19. The molecule has 2 aliphatic heterocycles. The smallest absolute Gasteiger partial charge is 0.219 e. The van der Waals surface area contributed by atoms with Crippen LogP contribution < -0.4 is 0 Å². The van der Waals surface area contributed by atoms with Crippen LogP contribution in [0.5, 0.6) is 0 Å². The highest BCUT2D eigenvalue weighted by Crippen LogP contribution is 2.61. The molecule has 28 heavy (non-hydrogen) atoms. The summed E-state index contributed by atoms with van der Waals surface area (Å²) in [5, 5.41) is 38.5. The van der Waals surface area contributed by atoms with Crippen molar-refractivity contribution in [1.82, 2.24) is 9.80 Å². The van der Waals surface area contributed by atoms with Crippen LogP contribution in [0.3, 0.4) is 0 Å². The summed E-state index contributed by atoms with van der Waals surface area (Å²) in [5.41, 5.74) is -2.09. The van der Waals surface area contributed by atoms with E-state index < -0.39 is 16.7 Å². The average molecular weight is 378 g/mol. The lowest BCUT2D eigenvalue weighted by Crippen LogP contribution is -2.64. The highest BCUT2D eigenvalue weighted by Gasteiger charge is 2.66. The maximum Gasteiger partial charge on any atom is 0.219 e. The van der Waals surface area contributed by atoms with Crippen LogP contribution in [-0.2, 0) is 9.59 Å². The Hall–Kier alpha value is -3.18. The first kappa shape index (κ1) is 19.6. The molecule has 0 bridgehead atoms. The van der Waals surface area contributed by atoms with Gasteiger partial charge in [0.25, 0.3) is 0 Å². The highest BCUT2D eigenvalue weighted by atomic mass is 16.2. The van der Waals surface area contributed by atoms with Gasteiger partial charge in [-0.1, -0.05) is 6.08 Å². The number of likely N-dealkylation sites (tertiary alicyclic amines) is 1. The quantitative estimate of drug-likeness (QED) is 0.632. The third-order valence-electron chi connectivity index (χ3n) is 6.80. The predicted octanol–water partition coefficient (Wildman–Crippen LogP) is 1.23. The summed E-state index contributed by atoms with van der Waals surface area (Å²) in [4.78, 5) is 27.1. The van der Waals surface area contributed by atoms with Crippen LogP contribution in [0.2, 0.25) is 0 Å². The SMILES string of the molecule is CC(=O)N1CCC2(CC1)C1CN(C(C)=O)CC=C1C(C#N)C(=N)C2(C#N)C#N. The Bertz CT molecular complexity index is 877. The second-order valence-corrected chi connectivity index (χ2v) is 7.79. The molecule has 2 atom stereocenters. The van der Waals surface area contributed by atoms with E-state index in [9.17, 15) is 25.4 Å². The van der Waals surface area contributed by atoms with Gasteiger partial charge in [0.1, 0.15) is 5.92 Å². The molecule has 0 aromatic carbocycles. The summed E-state index contributed by atoms with van der Waals surface area (Å²) >= 11 is 0. The lowest BCUT2D eigenvalue weighted by Gasteiger charge is -2.58. The number of carbonyl (C=O) groups is 2. The lowest BCUT2D eigenvalue weighted by atomic mass is 9.44. The van der Waals surface area contributed by atoms with Crippen LogP contribution in [0, 0.1) is 62.1 Å². The van der Waals surface area contributed by atoms with Gasteiger partial charge >= 0.3 is 0 Å². The number of hydrogen-bond donors (Lipinski definition) is 1. The van der Waals surface area contributed by atoms with Crippen molar-refractivity contribution in [2.75, 3.05) is 26.2 Å². The van der Waals surface area contributed by atoms with Crippen LogP contribution in [0.25, 0.3) is 0 Å². The molecule has 8 nitrogen and oxygen atoms in total. The summed E-state index contributed by atoms with van der Waals surface area (Å²) in [7, 11) is 0. The zero-order chi connectivity index (χ0) is 20.7. The van der Waals surface area contributed by atoms with Crippen molar-refractivity contribution in [3.05, 3.63) is 11.6 Å². The minimum absolute atomic E-state index is 0.0695. The zero-order valence-corrected chi connectivity index (χ0v) is 16.0. The third-order valence-corrected chi connectivity index (χ3v) is 6.80. The van der Waals surface area contributed by atoms with Gasteiger partial charge in [-0.3, -0.25) is 9.59 Å². The van der Waals surface area contributed by atoms with Gasteiger partial charge in [-0.2, -0.15) is 15.8 Å². The molecule has 0 radical (unpaired) electrons. The van der Waals surface area contributed by atoms with Gasteiger partial charge in [-0.05, 0) is 18.4 Å². The molecular formula is C20H22N6O2. The molecule has 1 saturated heterocycles. The van der Waals surface area contributed by atoms with Gasteiger partial charge in [0, 0.05) is 51.4 Å². The first-order valence-corrected chi connectivity index (χ1v) is 9.30. The molecule has 0 aromatic rings. The summed E-state index contributed by atoms with van der Waals surface area (Å²) in [6, 6.07) is 6.29.